The standard InChI is InChI=1S/C16H23O7PS/c1-15(2)19-8-9(20-15)11-12-13(22-16(3,4)21-12)14(17)24(18,23-11)10-6-5-7-25-10/h5-7,9,11-14,17H,8H2,1-4H3/t9-,11-,12+,13+,14-,24?/m1/s1. The van der Waals surface area contributed by atoms with Gasteiger partial charge >= 0.3 is 0 Å². The van der Waals surface area contributed by atoms with Crippen LogP contribution in [0.15, 0.2) is 17.5 Å². The Labute approximate surface area is 150 Å². The highest BCUT2D eigenvalue weighted by atomic mass is 32.1. The highest BCUT2D eigenvalue weighted by Gasteiger charge is 2.62. The van der Waals surface area contributed by atoms with Crippen LogP contribution in [0.5, 0.6) is 0 Å². The van der Waals surface area contributed by atoms with E-state index in [2.05, 4.69) is 0 Å². The Morgan fingerprint density at radius 1 is 1.12 bits per heavy atom. The Balaban J connectivity index is 1.71. The van der Waals surface area contributed by atoms with E-state index in [1.54, 1.807) is 31.4 Å². The third-order valence-electron chi connectivity index (χ3n) is 4.62. The van der Waals surface area contributed by atoms with Crippen LogP contribution in [0.2, 0.25) is 0 Å². The van der Waals surface area contributed by atoms with Gasteiger partial charge in [0.1, 0.15) is 24.4 Å². The molecule has 4 rings (SSSR count). The summed E-state index contributed by atoms with van der Waals surface area (Å²) >= 11 is 1.29. The summed E-state index contributed by atoms with van der Waals surface area (Å²) in [5.41, 5.74) is 0. The molecule has 0 spiro atoms. The molecule has 25 heavy (non-hydrogen) atoms. The number of hydrogen-bond acceptors (Lipinski definition) is 8. The van der Waals surface area contributed by atoms with E-state index >= 15 is 0 Å². The molecule has 1 unspecified atom stereocenters. The SMILES string of the molecule is CC1(C)O[C@H]2[C@@H]([C@H]3COC(C)(C)O3)OP(=O)(c3cccs3)[C@@H](O)[C@H]2O1. The van der Waals surface area contributed by atoms with Crippen molar-refractivity contribution >= 4 is 23.3 Å². The second-order valence-electron chi connectivity index (χ2n) is 7.46. The van der Waals surface area contributed by atoms with Crippen molar-refractivity contribution in [2.24, 2.45) is 0 Å². The Morgan fingerprint density at radius 2 is 1.84 bits per heavy atom. The van der Waals surface area contributed by atoms with Crippen LogP contribution in [0.1, 0.15) is 27.7 Å². The lowest BCUT2D eigenvalue weighted by Gasteiger charge is -2.41. The van der Waals surface area contributed by atoms with Crippen molar-refractivity contribution in [1.82, 2.24) is 0 Å². The van der Waals surface area contributed by atoms with E-state index in [9.17, 15) is 9.67 Å². The summed E-state index contributed by atoms with van der Waals surface area (Å²) < 4.78 is 43.6. The van der Waals surface area contributed by atoms with E-state index in [0.717, 1.165) is 0 Å². The van der Waals surface area contributed by atoms with Gasteiger partial charge in [0.05, 0.1) is 11.2 Å². The van der Waals surface area contributed by atoms with E-state index < -0.39 is 49.2 Å². The minimum atomic E-state index is -3.55. The zero-order valence-corrected chi connectivity index (χ0v) is 16.3. The van der Waals surface area contributed by atoms with E-state index in [-0.39, 0.29) is 0 Å². The number of aliphatic hydroxyl groups is 1. The molecular formula is C16H23O7PS. The van der Waals surface area contributed by atoms with Gasteiger partial charge in [-0.25, -0.2) is 0 Å². The van der Waals surface area contributed by atoms with Crippen LogP contribution in [-0.4, -0.2) is 53.5 Å². The summed E-state index contributed by atoms with van der Waals surface area (Å²) in [6.45, 7) is 7.46. The molecule has 1 aromatic rings. The second kappa shape index (κ2) is 5.84. The fourth-order valence-electron chi connectivity index (χ4n) is 3.58. The first-order valence-electron chi connectivity index (χ1n) is 8.29. The van der Waals surface area contributed by atoms with Gasteiger partial charge in [0.15, 0.2) is 17.4 Å². The first kappa shape index (κ1) is 18.1. The van der Waals surface area contributed by atoms with Crippen molar-refractivity contribution in [3.63, 3.8) is 0 Å². The first-order chi connectivity index (χ1) is 11.6. The largest absolute Gasteiger partial charge is 0.380 e. The van der Waals surface area contributed by atoms with Gasteiger partial charge in [-0.3, -0.25) is 4.57 Å². The summed E-state index contributed by atoms with van der Waals surface area (Å²) in [5.74, 6) is -2.94. The zero-order valence-electron chi connectivity index (χ0n) is 14.6. The Kier molecular flexibility index (Phi) is 4.22. The average Bonchev–Trinajstić information content (AvgIpc) is 3.21. The monoisotopic (exact) mass is 390 g/mol. The van der Waals surface area contributed by atoms with Gasteiger partial charge in [-0.05, 0) is 39.1 Å². The lowest BCUT2D eigenvalue weighted by Crippen LogP contribution is -2.54. The van der Waals surface area contributed by atoms with Crippen LogP contribution < -0.4 is 4.62 Å². The molecule has 0 amide bonds. The van der Waals surface area contributed by atoms with Gasteiger partial charge in [0.2, 0.25) is 0 Å². The maximum Gasteiger partial charge on any atom is 0.272 e. The topological polar surface area (TPSA) is 83.5 Å². The lowest BCUT2D eigenvalue weighted by atomic mass is 10.0. The van der Waals surface area contributed by atoms with Crippen LogP contribution in [-0.2, 0) is 28.0 Å². The molecule has 6 atom stereocenters. The third-order valence-corrected chi connectivity index (χ3v) is 8.68. The van der Waals surface area contributed by atoms with Gasteiger partial charge in [0.25, 0.3) is 7.37 Å². The first-order valence-corrected chi connectivity index (χ1v) is 10.9. The molecule has 1 aromatic heterocycles. The number of thiophene rings is 1. The van der Waals surface area contributed by atoms with Crippen LogP contribution >= 0.6 is 18.7 Å². The molecule has 4 heterocycles. The minimum absolute atomic E-state index is 0.297. The van der Waals surface area contributed by atoms with Crippen molar-refractivity contribution < 1.29 is 33.1 Å². The van der Waals surface area contributed by atoms with E-state index in [4.69, 9.17) is 23.5 Å². The predicted molar refractivity (Wildman–Crippen MR) is 91.2 cm³/mol. The molecule has 3 aliphatic heterocycles. The molecule has 3 saturated heterocycles. The van der Waals surface area contributed by atoms with Crippen LogP contribution in [0.3, 0.4) is 0 Å². The van der Waals surface area contributed by atoms with Gasteiger partial charge in [-0.15, -0.1) is 11.3 Å². The maximum absolute atomic E-state index is 13.6. The Morgan fingerprint density at radius 3 is 2.44 bits per heavy atom. The van der Waals surface area contributed by atoms with Crippen molar-refractivity contribution in [1.29, 1.82) is 0 Å². The second-order valence-corrected chi connectivity index (χ2v) is 11.1. The molecule has 0 radical (unpaired) electrons. The Hall–Kier alpha value is -0.310. The van der Waals surface area contributed by atoms with Gasteiger partial charge in [-0.2, -0.15) is 0 Å². The van der Waals surface area contributed by atoms with E-state index in [1.807, 2.05) is 13.8 Å². The number of rotatable bonds is 2. The summed E-state index contributed by atoms with van der Waals surface area (Å²) in [5, 5.41) is 12.6. The van der Waals surface area contributed by atoms with Crippen molar-refractivity contribution in [3.05, 3.63) is 17.5 Å². The average molecular weight is 390 g/mol. The van der Waals surface area contributed by atoms with Crippen molar-refractivity contribution in [2.75, 3.05) is 6.61 Å². The Bertz CT molecular complexity index is 689. The third kappa shape index (κ3) is 3.03. The number of hydrogen-bond donors (Lipinski definition) is 1. The van der Waals surface area contributed by atoms with Crippen molar-refractivity contribution in [2.45, 2.75) is 69.5 Å². The fourth-order valence-corrected chi connectivity index (χ4v) is 7.28. The summed E-state index contributed by atoms with van der Waals surface area (Å²) in [6, 6.07) is 3.49. The smallest absolute Gasteiger partial charge is 0.272 e. The summed E-state index contributed by atoms with van der Waals surface area (Å²) in [7, 11) is -3.55. The van der Waals surface area contributed by atoms with Crippen LogP contribution in [0.25, 0.3) is 0 Å². The molecule has 140 valence electrons. The lowest BCUT2D eigenvalue weighted by molar-refractivity contribution is -0.174. The number of aliphatic hydroxyl groups excluding tert-OH is 1. The molecule has 7 nitrogen and oxygen atoms in total. The zero-order chi connectivity index (χ0) is 18.0. The summed E-state index contributed by atoms with van der Waals surface area (Å²) in [6.07, 6.45) is -2.46. The van der Waals surface area contributed by atoms with Crippen LogP contribution in [0.4, 0.5) is 0 Å². The maximum atomic E-state index is 13.6. The van der Waals surface area contributed by atoms with Gasteiger partial charge in [-0.1, -0.05) is 6.07 Å². The molecule has 0 aromatic carbocycles. The van der Waals surface area contributed by atoms with E-state index in [0.29, 0.717) is 11.2 Å². The molecule has 0 aliphatic carbocycles. The normalized spacial score (nSPS) is 45.4. The van der Waals surface area contributed by atoms with Gasteiger partial charge in [0, 0.05) is 0 Å². The van der Waals surface area contributed by atoms with E-state index in [1.165, 1.54) is 11.3 Å². The predicted octanol–water partition coefficient (Wildman–Crippen LogP) is 2.04. The molecule has 0 saturated carbocycles. The molecule has 1 N–H and O–H groups in total. The highest BCUT2D eigenvalue weighted by Crippen LogP contribution is 2.60. The molecular weight excluding hydrogens is 367 g/mol. The van der Waals surface area contributed by atoms with Gasteiger partial charge < -0.3 is 28.6 Å². The molecule has 3 fully saturated rings. The fraction of sp³-hybridized carbons (Fsp3) is 0.750. The summed E-state index contributed by atoms with van der Waals surface area (Å²) in [4.78, 5) is 0. The number of ether oxygens (including phenoxy) is 4. The van der Waals surface area contributed by atoms with Crippen LogP contribution in [0, 0.1) is 0 Å². The van der Waals surface area contributed by atoms with Crippen molar-refractivity contribution in [3.8, 4) is 0 Å². The molecule has 9 heteroatoms. The molecule has 0 bridgehead atoms. The number of fused-ring (bicyclic) bond motifs is 1. The highest BCUT2D eigenvalue weighted by molar-refractivity contribution is 7.73. The molecule has 3 aliphatic rings. The minimum Gasteiger partial charge on any atom is -0.380 e. The quantitative estimate of drug-likeness (QED) is 0.774.